The quantitative estimate of drug-likeness (QED) is 0.232. The van der Waals surface area contributed by atoms with Crippen molar-refractivity contribution in [2.75, 3.05) is 39.6 Å². The first kappa shape index (κ1) is 23.9. The molecule has 0 unspecified atom stereocenters. The zero-order chi connectivity index (χ0) is 20.4. The highest BCUT2D eigenvalue weighted by molar-refractivity contribution is 5.89. The highest BCUT2D eigenvalue weighted by Crippen LogP contribution is 2.25. The van der Waals surface area contributed by atoms with Gasteiger partial charge < -0.3 is 18.9 Å². The molecule has 0 spiro atoms. The number of halogens is 6. The first-order valence-corrected chi connectivity index (χ1v) is 6.89. The summed E-state index contributed by atoms with van der Waals surface area (Å²) >= 11 is 0. The Bertz CT molecular complexity index is 465. The predicted molar refractivity (Wildman–Crippen MR) is 73.9 cm³/mol. The highest BCUT2D eigenvalue weighted by atomic mass is 19.4. The summed E-state index contributed by atoms with van der Waals surface area (Å²) in [4.78, 5) is 21.8. The van der Waals surface area contributed by atoms with Gasteiger partial charge >= 0.3 is 24.3 Å². The minimum atomic E-state index is -4.87. The molecule has 0 saturated heterocycles. The van der Waals surface area contributed by atoms with Crippen molar-refractivity contribution in [3.63, 3.8) is 0 Å². The third-order valence-electron chi connectivity index (χ3n) is 2.47. The van der Waals surface area contributed by atoms with Gasteiger partial charge in [0.1, 0.15) is 24.4 Å². The molecule has 0 aliphatic heterocycles. The van der Waals surface area contributed by atoms with Crippen LogP contribution in [-0.4, -0.2) is 63.9 Å². The molecule has 6 nitrogen and oxygen atoms in total. The second-order valence-electron chi connectivity index (χ2n) is 4.45. The third-order valence-corrected chi connectivity index (χ3v) is 2.47. The van der Waals surface area contributed by atoms with Crippen molar-refractivity contribution in [1.82, 2.24) is 0 Å². The van der Waals surface area contributed by atoms with Crippen LogP contribution in [-0.2, 0) is 28.5 Å². The average molecular weight is 394 g/mol. The first-order chi connectivity index (χ1) is 11.9. The fourth-order valence-electron chi connectivity index (χ4n) is 1.11. The number of alkyl halides is 6. The molecule has 26 heavy (non-hydrogen) atoms. The molecule has 0 atom stereocenters. The number of rotatable bonds is 11. The Kier molecular flexibility index (Phi) is 9.94. The lowest BCUT2D eigenvalue weighted by Crippen LogP contribution is -2.23. The molecule has 0 amide bonds. The summed E-state index contributed by atoms with van der Waals surface area (Å²) in [6.45, 7) is 3.74. The van der Waals surface area contributed by atoms with Crippen molar-refractivity contribution in [2.45, 2.75) is 12.4 Å². The highest BCUT2D eigenvalue weighted by Gasteiger charge is 2.38. The van der Waals surface area contributed by atoms with Crippen molar-refractivity contribution in [2.24, 2.45) is 0 Å². The Morgan fingerprint density at radius 1 is 0.615 bits per heavy atom. The van der Waals surface area contributed by atoms with E-state index in [1.807, 2.05) is 0 Å². The monoisotopic (exact) mass is 394 g/mol. The summed E-state index contributed by atoms with van der Waals surface area (Å²) in [5, 5.41) is 0. The molecule has 0 radical (unpaired) electrons. The first-order valence-electron chi connectivity index (χ1n) is 6.89. The minimum Gasteiger partial charge on any atom is -0.460 e. The average Bonchev–Trinajstić information content (AvgIpc) is 2.52. The van der Waals surface area contributed by atoms with Gasteiger partial charge in [-0.15, -0.1) is 0 Å². The van der Waals surface area contributed by atoms with Gasteiger partial charge in [-0.25, -0.2) is 9.59 Å². The molecule has 0 aromatic carbocycles. The number of hydrogen-bond acceptors (Lipinski definition) is 6. The second kappa shape index (κ2) is 10.8. The van der Waals surface area contributed by atoms with Crippen LogP contribution in [0.3, 0.4) is 0 Å². The molecule has 0 aliphatic rings. The van der Waals surface area contributed by atoms with E-state index in [1.54, 1.807) is 0 Å². The van der Waals surface area contributed by atoms with E-state index in [0.29, 0.717) is 0 Å². The Morgan fingerprint density at radius 3 is 1.15 bits per heavy atom. The molecule has 0 saturated carbocycles. The fraction of sp³-hybridized carbons (Fsp3) is 0.571. The van der Waals surface area contributed by atoms with Crippen molar-refractivity contribution in [1.29, 1.82) is 0 Å². The molecule has 0 aromatic heterocycles. The van der Waals surface area contributed by atoms with Crippen LogP contribution in [0, 0.1) is 0 Å². The zero-order valence-electron chi connectivity index (χ0n) is 13.4. The van der Waals surface area contributed by atoms with Crippen molar-refractivity contribution in [3.8, 4) is 0 Å². The summed E-state index contributed by atoms with van der Waals surface area (Å²) in [6, 6.07) is 0. The predicted octanol–water partition coefficient (Wildman–Crippen LogP) is 2.34. The Hall–Kier alpha value is -2.08. The number of carbonyl (C=O) groups is 2. The maximum absolute atomic E-state index is 12.1. The zero-order valence-corrected chi connectivity index (χ0v) is 13.4. The van der Waals surface area contributed by atoms with Gasteiger partial charge in [0, 0.05) is 0 Å². The van der Waals surface area contributed by atoms with Crippen molar-refractivity contribution >= 4 is 11.9 Å². The van der Waals surface area contributed by atoms with Crippen LogP contribution in [0.15, 0.2) is 24.3 Å². The van der Waals surface area contributed by atoms with Gasteiger partial charge in [-0.1, -0.05) is 13.2 Å². The maximum Gasteiger partial charge on any atom is 0.422 e. The van der Waals surface area contributed by atoms with Gasteiger partial charge in [0.2, 0.25) is 0 Å². The standard InChI is InChI=1S/C14H16F6O6/c1-9(13(15,16)17)11(21)25-7-5-23-3-4-24-6-8-26-12(22)10(2)14(18,19)20/h1-8H2. The van der Waals surface area contributed by atoms with E-state index in [1.165, 1.54) is 0 Å². The summed E-state index contributed by atoms with van der Waals surface area (Å²) in [6.07, 6.45) is -9.75. The largest absolute Gasteiger partial charge is 0.460 e. The van der Waals surface area contributed by atoms with Crippen LogP contribution in [0.4, 0.5) is 26.3 Å². The molecule has 0 bridgehead atoms. The molecule has 0 fully saturated rings. The van der Waals surface area contributed by atoms with Crippen LogP contribution >= 0.6 is 0 Å². The Morgan fingerprint density at radius 2 is 0.885 bits per heavy atom. The van der Waals surface area contributed by atoms with E-state index in [-0.39, 0.29) is 26.4 Å². The van der Waals surface area contributed by atoms with Gasteiger partial charge in [-0.05, 0) is 0 Å². The molecule has 0 rings (SSSR count). The smallest absolute Gasteiger partial charge is 0.422 e. The van der Waals surface area contributed by atoms with E-state index in [2.05, 4.69) is 22.6 Å². The van der Waals surface area contributed by atoms with Crippen molar-refractivity contribution in [3.05, 3.63) is 24.3 Å². The topological polar surface area (TPSA) is 71.1 Å². The van der Waals surface area contributed by atoms with E-state index < -0.39 is 48.7 Å². The van der Waals surface area contributed by atoms with Crippen LogP contribution in [0.2, 0.25) is 0 Å². The molecule has 0 aliphatic carbocycles. The fourth-order valence-corrected chi connectivity index (χ4v) is 1.11. The van der Waals surface area contributed by atoms with E-state index >= 15 is 0 Å². The molecule has 0 heterocycles. The maximum atomic E-state index is 12.1. The third kappa shape index (κ3) is 10.0. The van der Waals surface area contributed by atoms with Gasteiger partial charge in [-0.3, -0.25) is 0 Å². The van der Waals surface area contributed by atoms with Gasteiger partial charge in [0.25, 0.3) is 0 Å². The summed E-state index contributed by atoms with van der Waals surface area (Å²) in [5.41, 5.74) is -3.27. The number of esters is 2. The number of hydrogen-bond donors (Lipinski definition) is 0. The normalized spacial score (nSPS) is 11.8. The lowest BCUT2D eigenvalue weighted by Gasteiger charge is -2.11. The lowest BCUT2D eigenvalue weighted by atomic mass is 10.3. The molecule has 12 heteroatoms. The van der Waals surface area contributed by atoms with Gasteiger partial charge in [-0.2, -0.15) is 26.3 Å². The molecule has 0 aromatic rings. The van der Waals surface area contributed by atoms with Crippen LogP contribution in [0.5, 0.6) is 0 Å². The molecular weight excluding hydrogens is 378 g/mol. The van der Waals surface area contributed by atoms with Crippen LogP contribution in [0.25, 0.3) is 0 Å². The van der Waals surface area contributed by atoms with Crippen LogP contribution < -0.4 is 0 Å². The lowest BCUT2D eigenvalue weighted by molar-refractivity contribution is -0.154. The van der Waals surface area contributed by atoms with Crippen molar-refractivity contribution < 1.29 is 54.9 Å². The van der Waals surface area contributed by atoms with E-state index in [0.717, 1.165) is 0 Å². The molecular formula is C14H16F6O6. The molecule has 0 N–H and O–H groups in total. The van der Waals surface area contributed by atoms with Crippen LogP contribution in [0.1, 0.15) is 0 Å². The number of carbonyl (C=O) groups excluding carboxylic acids is 2. The summed E-state index contributed by atoms with van der Waals surface area (Å²) < 4.78 is 90.8. The Labute approximate surface area is 144 Å². The SMILES string of the molecule is C=C(C(=O)OCCOCCOCCOC(=O)C(=C)C(F)(F)F)C(F)(F)F. The number of ether oxygens (including phenoxy) is 4. The van der Waals surface area contributed by atoms with E-state index in [9.17, 15) is 35.9 Å². The van der Waals surface area contributed by atoms with E-state index in [4.69, 9.17) is 9.47 Å². The van der Waals surface area contributed by atoms with Gasteiger partial charge in [0.15, 0.2) is 0 Å². The Balaban J connectivity index is 3.61. The van der Waals surface area contributed by atoms with Gasteiger partial charge in [0.05, 0.1) is 26.4 Å². The summed E-state index contributed by atoms with van der Waals surface area (Å²) in [5.74, 6) is -3.22. The minimum absolute atomic E-state index is 0.0407. The second-order valence-corrected chi connectivity index (χ2v) is 4.45. The summed E-state index contributed by atoms with van der Waals surface area (Å²) in [7, 11) is 0. The molecule has 150 valence electrons.